The predicted octanol–water partition coefficient (Wildman–Crippen LogP) is 15.8. The zero-order valence-electron chi connectivity index (χ0n) is 38.4. The molecule has 2 unspecified atom stereocenters. The van der Waals surface area contributed by atoms with Crippen molar-refractivity contribution in [1.82, 2.24) is 0 Å². The van der Waals surface area contributed by atoms with Crippen LogP contribution in [-0.4, -0.2) is 35.4 Å². The van der Waals surface area contributed by atoms with Gasteiger partial charge in [0.15, 0.2) is 0 Å². The van der Waals surface area contributed by atoms with E-state index in [2.05, 4.69) is 13.8 Å². The number of aromatic hydroxyl groups is 2. The first-order valence-corrected chi connectivity index (χ1v) is 24.5. The van der Waals surface area contributed by atoms with Gasteiger partial charge in [0.2, 0.25) is 0 Å². The van der Waals surface area contributed by atoms with Gasteiger partial charge in [-0.3, -0.25) is 9.59 Å². The summed E-state index contributed by atoms with van der Waals surface area (Å²) in [6.07, 6.45) is 36.0. The van der Waals surface area contributed by atoms with Crippen molar-refractivity contribution in [3.63, 3.8) is 0 Å². The van der Waals surface area contributed by atoms with Crippen LogP contribution in [0.3, 0.4) is 0 Å². The highest BCUT2D eigenvalue weighted by Crippen LogP contribution is 2.31. The molecule has 0 aromatic heterocycles. The van der Waals surface area contributed by atoms with E-state index in [1.807, 2.05) is 38.1 Å². The van der Waals surface area contributed by atoms with Gasteiger partial charge < -0.3 is 19.7 Å². The minimum atomic E-state index is -0.545. The predicted molar refractivity (Wildman–Crippen MR) is 247 cm³/mol. The van der Waals surface area contributed by atoms with Gasteiger partial charge in [-0.25, -0.2) is 0 Å². The van der Waals surface area contributed by atoms with Gasteiger partial charge in [-0.2, -0.15) is 0 Å². The van der Waals surface area contributed by atoms with Crippen LogP contribution in [0.5, 0.6) is 11.5 Å². The number of rotatable bonds is 38. The first-order chi connectivity index (χ1) is 28.6. The lowest BCUT2D eigenvalue weighted by molar-refractivity contribution is -0.153. The van der Waals surface area contributed by atoms with Crippen LogP contribution < -0.4 is 0 Å². The molecule has 59 heavy (non-hydrogen) atoms. The summed E-state index contributed by atoms with van der Waals surface area (Å²) in [6, 6.07) is 14.5. The van der Waals surface area contributed by atoms with Crippen molar-refractivity contribution < 1.29 is 29.3 Å². The lowest BCUT2D eigenvalue weighted by Crippen LogP contribution is -2.29. The standard InChI is InChI=1S/C53H88O6/c1-5-7-9-11-13-15-17-19-21-23-25-27-29-33-47(45-35-31-37-49(54)39-45)41-51(56)58-43-53(3,4)44-59-52(57)42-48(46-36-32-38-50(55)40-46)34-30-28-26-24-22-20-18-16-14-12-10-8-6-2/h31-32,35-40,47-48,54-55H,5-30,33-34,41-44H2,1-4H3. The third-order valence-electron chi connectivity index (χ3n) is 12.1. The number of benzene rings is 2. The van der Waals surface area contributed by atoms with E-state index in [9.17, 15) is 19.8 Å². The topological polar surface area (TPSA) is 93.1 Å². The molecule has 6 nitrogen and oxygen atoms in total. The Morgan fingerprint density at radius 3 is 1.05 bits per heavy atom. The Morgan fingerprint density at radius 1 is 0.475 bits per heavy atom. The second kappa shape index (κ2) is 33.7. The monoisotopic (exact) mass is 821 g/mol. The minimum Gasteiger partial charge on any atom is -0.508 e. The van der Waals surface area contributed by atoms with Gasteiger partial charge in [0, 0.05) is 5.41 Å². The molecule has 2 N–H and O–H groups in total. The minimum absolute atomic E-state index is 0.0208. The van der Waals surface area contributed by atoms with E-state index in [1.54, 1.807) is 24.3 Å². The third-order valence-corrected chi connectivity index (χ3v) is 12.1. The molecule has 0 saturated heterocycles. The number of carbonyl (C=O) groups excluding carboxylic acids is 2. The van der Waals surface area contributed by atoms with Gasteiger partial charge in [-0.15, -0.1) is 0 Å². The van der Waals surface area contributed by atoms with E-state index in [-0.39, 0.29) is 61.3 Å². The van der Waals surface area contributed by atoms with Crippen LogP contribution in [-0.2, 0) is 19.1 Å². The summed E-state index contributed by atoms with van der Waals surface area (Å²) in [4.78, 5) is 26.4. The molecule has 0 heterocycles. The molecule has 2 aromatic carbocycles. The van der Waals surface area contributed by atoms with Crippen LogP contribution in [0.2, 0.25) is 0 Å². The normalized spacial score (nSPS) is 12.7. The van der Waals surface area contributed by atoms with Crippen LogP contribution in [0.25, 0.3) is 0 Å². The molecular formula is C53H88O6. The molecular weight excluding hydrogens is 733 g/mol. The van der Waals surface area contributed by atoms with Crippen molar-refractivity contribution in [3.05, 3.63) is 59.7 Å². The van der Waals surface area contributed by atoms with Gasteiger partial charge in [0.1, 0.15) is 11.5 Å². The molecule has 0 saturated carbocycles. The third kappa shape index (κ3) is 27.4. The summed E-state index contributed by atoms with van der Waals surface area (Å²) in [5.41, 5.74) is 1.39. The maximum Gasteiger partial charge on any atom is 0.306 e. The Morgan fingerprint density at radius 2 is 0.763 bits per heavy atom. The SMILES string of the molecule is CCCCCCCCCCCCCCCC(CC(=O)OCC(C)(C)COC(=O)CC(CCCCCCCCCCCCCCC)c1cccc(O)c1)c1cccc(O)c1. The largest absolute Gasteiger partial charge is 0.508 e. The molecule has 0 aliphatic carbocycles. The molecule has 2 atom stereocenters. The van der Waals surface area contributed by atoms with Gasteiger partial charge >= 0.3 is 11.9 Å². The van der Waals surface area contributed by atoms with E-state index in [1.165, 1.54) is 141 Å². The first kappa shape index (κ1) is 52.1. The summed E-state index contributed by atoms with van der Waals surface area (Å²) in [7, 11) is 0. The molecule has 0 aliphatic heterocycles. The molecule has 0 amide bonds. The number of esters is 2. The Balaban J connectivity index is 1.73. The second-order valence-corrected chi connectivity index (χ2v) is 18.5. The zero-order valence-corrected chi connectivity index (χ0v) is 38.4. The second-order valence-electron chi connectivity index (χ2n) is 18.5. The lowest BCUT2D eigenvalue weighted by atomic mass is 9.89. The average molecular weight is 821 g/mol. The van der Waals surface area contributed by atoms with Crippen molar-refractivity contribution in [1.29, 1.82) is 0 Å². The van der Waals surface area contributed by atoms with Gasteiger partial charge in [0.05, 0.1) is 26.1 Å². The highest BCUT2D eigenvalue weighted by atomic mass is 16.5. The van der Waals surface area contributed by atoms with Crippen molar-refractivity contribution in [2.75, 3.05) is 13.2 Å². The Kier molecular flexibility index (Phi) is 29.7. The van der Waals surface area contributed by atoms with Crippen LogP contribution >= 0.6 is 0 Å². The maximum atomic E-state index is 13.2. The molecule has 0 spiro atoms. The van der Waals surface area contributed by atoms with Gasteiger partial charge in [-0.05, 0) is 60.1 Å². The number of unbranched alkanes of at least 4 members (excludes halogenated alkanes) is 24. The fraction of sp³-hybridized carbons (Fsp3) is 0.736. The molecule has 0 aliphatic rings. The Labute approximate surface area is 362 Å². The number of carbonyl (C=O) groups is 2. The van der Waals surface area contributed by atoms with E-state index in [0.717, 1.165) is 49.7 Å². The first-order valence-electron chi connectivity index (χ1n) is 24.5. The molecule has 2 rings (SSSR count). The summed E-state index contributed by atoms with van der Waals surface area (Å²) in [6.45, 7) is 8.75. The van der Waals surface area contributed by atoms with Gasteiger partial charge in [-0.1, -0.05) is 219 Å². The molecule has 0 radical (unpaired) electrons. The maximum absolute atomic E-state index is 13.2. The lowest BCUT2D eigenvalue weighted by Gasteiger charge is -2.25. The molecule has 0 fully saturated rings. The van der Waals surface area contributed by atoms with E-state index in [0.29, 0.717) is 0 Å². The van der Waals surface area contributed by atoms with Crippen molar-refractivity contribution in [2.24, 2.45) is 5.41 Å². The summed E-state index contributed by atoms with van der Waals surface area (Å²) in [5.74, 6) is -0.155. The summed E-state index contributed by atoms with van der Waals surface area (Å²) in [5, 5.41) is 20.4. The fourth-order valence-electron chi connectivity index (χ4n) is 8.26. The smallest absolute Gasteiger partial charge is 0.306 e. The highest BCUT2D eigenvalue weighted by molar-refractivity contribution is 5.71. The summed E-state index contributed by atoms with van der Waals surface area (Å²) >= 11 is 0. The summed E-state index contributed by atoms with van der Waals surface area (Å²) < 4.78 is 11.6. The van der Waals surface area contributed by atoms with E-state index < -0.39 is 5.41 Å². The van der Waals surface area contributed by atoms with Crippen molar-refractivity contribution in [3.8, 4) is 11.5 Å². The molecule has 336 valence electrons. The Bertz CT molecular complexity index is 1240. The molecule has 0 bridgehead atoms. The quantitative estimate of drug-likeness (QED) is 0.0518. The van der Waals surface area contributed by atoms with Crippen LogP contribution in [0.4, 0.5) is 0 Å². The Hall–Kier alpha value is -3.02. The van der Waals surface area contributed by atoms with Crippen molar-refractivity contribution >= 4 is 11.9 Å². The highest BCUT2D eigenvalue weighted by Gasteiger charge is 2.26. The van der Waals surface area contributed by atoms with Crippen LogP contribution in [0, 0.1) is 5.41 Å². The van der Waals surface area contributed by atoms with Crippen molar-refractivity contribution in [2.45, 2.75) is 232 Å². The number of phenols is 2. The van der Waals surface area contributed by atoms with Crippen LogP contribution in [0.15, 0.2) is 48.5 Å². The van der Waals surface area contributed by atoms with Gasteiger partial charge in [0.25, 0.3) is 0 Å². The molecule has 2 aromatic rings. The number of hydrogen-bond acceptors (Lipinski definition) is 6. The zero-order chi connectivity index (χ0) is 42.8. The fourth-order valence-corrected chi connectivity index (χ4v) is 8.26. The van der Waals surface area contributed by atoms with E-state index >= 15 is 0 Å². The van der Waals surface area contributed by atoms with E-state index in [4.69, 9.17) is 9.47 Å². The average Bonchev–Trinajstić information content (AvgIpc) is 3.22. The number of ether oxygens (including phenoxy) is 2. The number of phenolic OH excluding ortho intramolecular Hbond substituents is 2. The van der Waals surface area contributed by atoms with Crippen LogP contribution in [0.1, 0.15) is 243 Å². The number of hydrogen-bond donors (Lipinski definition) is 2. The molecule has 6 heteroatoms.